The molecular weight excluding hydrogens is 112 g/mol. The van der Waals surface area contributed by atoms with Crippen molar-refractivity contribution in [1.29, 1.82) is 0 Å². The summed E-state index contributed by atoms with van der Waals surface area (Å²) in [6, 6.07) is 0. The number of ether oxygens (including phenoxy) is 2. The molecule has 0 atom stereocenters. The molecule has 0 aromatic heterocycles. The molecule has 0 aromatic rings. The predicted octanol–water partition coefficient (Wildman–Crippen LogP) is -0.0833. The van der Waals surface area contributed by atoms with Crippen LogP contribution in [-0.2, 0) is 14.3 Å². The normalized spacial score (nSPS) is 16.2. The van der Waals surface area contributed by atoms with E-state index in [9.17, 15) is 4.79 Å². The minimum atomic E-state index is -1.09. The lowest BCUT2D eigenvalue weighted by molar-refractivity contribution is -0.136. The van der Waals surface area contributed by atoms with Gasteiger partial charge in [-0.25, -0.2) is 4.79 Å². The largest absolute Gasteiger partial charge is 0.475 e. The van der Waals surface area contributed by atoms with Gasteiger partial charge in [0.15, 0.2) is 0 Å². The molecule has 4 nitrogen and oxygen atoms in total. The lowest BCUT2D eigenvalue weighted by atomic mass is 10.6. The van der Waals surface area contributed by atoms with Gasteiger partial charge >= 0.3 is 5.97 Å². The summed E-state index contributed by atoms with van der Waals surface area (Å²) >= 11 is 0. The average Bonchev–Trinajstić information content (AvgIpc) is 2.12. The monoisotopic (exact) mass is 116 g/mol. The van der Waals surface area contributed by atoms with Crippen LogP contribution >= 0.6 is 0 Å². The summed E-state index contributed by atoms with van der Waals surface area (Å²) in [4.78, 5) is 9.93. The molecule has 8 heavy (non-hydrogen) atoms. The summed E-state index contributed by atoms with van der Waals surface area (Å²) < 4.78 is 8.91. The Morgan fingerprint density at radius 2 is 2.62 bits per heavy atom. The highest BCUT2D eigenvalue weighted by Gasteiger charge is 2.13. The van der Waals surface area contributed by atoms with Crippen molar-refractivity contribution in [3.8, 4) is 0 Å². The van der Waals surface area contributed by atoms with Gasteiger partial charge in [0.2, 0.25) is 12.6 Å². The van der Waals surface area contributed by atoms with E-state index in [1.54, 1.807) is 0 Å². The van der Waals surface area contributed by atoms with E-state index in [0.717, 1.165) is 6.26 Å². The van der Waals surface area contributed by atoms with Gasteiger partial charge < -0.3 is 14.6 Å². The highest BCUT2D eigenvalue weighted by Crippen LogP contribution is 2.04. The SMILES string of the molecule is O=C(O)C1=COCO1. The van der Waals surface area contributed by atoms with Crippen LogP contribution in [0.25, 0.3) is 0 Å². The first-order valence-corrected chi connectivity index (χ1v) is 1.98. The Balaban J connectivity index is 2.57. The summed E-state index contributed by atoms with van der Waals surface area (Å²) in [6.07, 6.45) is 1.07. The quantitative estimate of drug-likeness (QED) is 0.520. The molecule has 1 aliphatic heterocycles. The fourth-order valence-corrected chi connectivity index (χ4v) is 0.353. The number of carbonyl (C=O) groups is 1. The van der Waals surface area contributed by atoms with Gasteiger partial charge in [-0.3, -0.25) is 0 Å². The lowest BCUT2D eigenvalue weighted by Gasteiger charge is -1.89. The summed E-state index contributed by atoms with van der Waals surface area (Å²) in [5.41, 5.74) is 0. The fraction of sp³-hybridized carbons (Fsp3) is 0.250. The molecule has 0 saturated carbocycles. The Hall–Kier alpha value is -1.19. The van der Waals surface area contributed by atoms with E-state index in [1.165, 1.54) is 0 Å². The maximum atomic E-state index is 9.93. The molecule has 0 bridgehead atoms. The van der Waals surface area contributed by atoms with Crippen LogP contribution in [0, 0.1) is 0 Å². The van der Waals surface area contributed by atoms with E-state index in [-0.39, 0.29) is 12.6 Å². The number of aliphatic carboxylic acids is 1. The number of hydrogen-bond acceptors (Lipinski definition) is 3. The Bertz CT molecular complexity index is 137. The van der Waals surface area contributed by atoms with E-state index in [0.29, 0.717) is 0 Å². The minimum absolute atomic E-state index is 0.0155. The van der Waals surface area contributed by atoms with E-state index >= 15 is 0 Å². The topological polar surface area (TPSA) is 55.8 Å². The van der Waals surface area contributed by atoms with Crippen LogP contribution in [0.3, 0.4) is 0 Å². The van der Waals surface area contributed by atoms with Crippen LogP contribution in [0.1, 0.15) is 0 Å². The van der Waals surface area contributed by atoms with Crippen LogP contribution in [0.4, 0.5) is 0 Å². The molecule has 44 valence electrons. The van der Waals surface area contributed by atoms with E-state index in [1.807, 2.05) is 0 Å². The minimum Gasteiger partial charge on any atom is -0.475 e. The zero-order chi connectivity index (χ0) is 5.98. The second kappa shape index (κ2) is 1.73. The Morgan fingerprint density at radius 3 is 2.88 bits per heavy atom. The second-order valence-electron chi connectivity index (χ2n) is 1.22. The first-order chi connectivity index (χ1) is 3.80. The van der Waals surface area contributed by atoms with Crippen molar-refractivity contribution in [2.75, 3.05) is 6.79 Å². The highest BCUT2D eigenvalue weighted by atomic mass is 16.7. The molecule has 1 rings (SSSR count). The average molecular weight is 116 g/mol. The fourth-order valence-electron chi connectivity index (χ4n) is 0.353. The van der Waals surface area contributed by atoms with Crippen molar-refractivity contribution in [3.05, 3.63) is 12.0 Å². The van der Waals surface area contributed by atoms with Crippen LogP contribution < -0.4 is 0 Å². The molecule has 0 fully saturated rings. The predicted molar refractivity (Wildman–Crippen MR) is 22.8 cm³/mol. The second-order valence-corrected chi connectivity index (χ2v) is 1.22. The molecule has 4 heteroatoms. The molecule has 0 radical (unpaired) electrons. The van der Waals surface area contributed by atoms with Gasteiger partial charge in [-0.15, -0.1) is 0 Å². The first kappa shape index (κ1) is 4.96. The Morgan fingerprint density at radius 1 is 1.88 bits per heavy atom. The van der Waals surface area contributed by atoms with Crippen LogP contribution in [0.2, 0.25) is 0 Å². The third-order valence-electron chi connectivity index (χ3n) is 0.684. The number of carboxylic acid groups (broad SMARTS) is 1. The van der Waals surface area contributed by atoms with Crippen molar-refractivity contribution < 1.29 is 19.4 Å². The molecule has 0 aliphatic carbocycles. The van der Waals surface area contributed by atoms with Gasteiger partial charge in [0, 0.05) is 0 Å². The molecule has 0 spiro atoms. The van der Waals surface area contributed by atoms with Gasteiger partial charge in [-0.1, -0.05) is 0 Å². The lowest BCUT2D eigenvalue weighted by Crippen LogP contribution is -1.99. The standard InChI is InChI=1S/C4H4O4/c5-4(6)3-1-7-2-8-3/h1H,2H2,(H,5,6). The maximum absolute atomic E-state index is 9.93. The summed E-state index contributed by atoms with van der Waals surface area (Å²) in [5.74, 6) is -1.23. The van der Waals surface area contributed by atoms with Gasteiger partial charge in [0.05, 0.1) is 0 Å². The van der Waals surface area contributed by atoms with Crippen molar-refractivity contribution in [2.45, 2.75) is 0 Å². The van der Waals surface area contributed by atoms with Crippen molar-refractivity contribution in [1.82, 2.24) is 0 Å². The smallest absolute Gasteiger partial charge is 0.374 e. The number of rotatable bonds is 1. The Labute approximate surface area is 45.3 Å². The van der Waals surface area contributed by atoms with Gasteiger partial charge in [-0.05, 0) is 0 Å². The molecule has 0 aromatic carbocycles. The van der Waals surface area contributed by atoms with E-state index in [2.05, 4.69) is 9.47 Å². The van der Waals surface area contributed by atoms with Crippen molar-refractivity contribution in [3.63, 3.8) is 0 Å². The van der Waals surface area contributed by atoms with Gasteiger partial charge in [0.1, 0.15) is 6.26 Å². The van der Waals surface area contributed by atoms with Gasteiger partial charge in [-0.2, -0.15) is 0 Å². The third kappa shape index (κ3) is 0.726. The maximum Gasteiger partial charge on any atom is 0.374 e. The summed E-state index contributed by atoms with van der Waals surface area (Å²) in [6.45, 7) is 0.0155. The molecule has 1 heterocycles. The van der Waals surface area contributed by atoms with Crippen molar-refractivity contribution in [2.24, 2.45) is 0 Å². The molecular formula is C4H4O4. The number of carboxylic acids is 1. The van der Waals surface area contributed by atoms with Gasteiger partial charge in [0.25, 0.3) is 0 Å². The number of hydrogen-bond donors (Lipinski definition) is 1. The first-order valence-electron chi connectivity index (χ1n) is 1.98. The summed E-state index contributed by atoms with van der Waals surface area (Å²) in [7, 11) is 0. The summed E-state index contributed by atoms with van der Waals surface area (Å²) in [5, 5.41) is 8.14. The van der Waals surface area contributed by atoms with Crippen LogP contribution in [0.15, 0.2) is 12.0 Å². The molecule has 1 N–H and O–H groups in total. The highest BCUT2D eigenvalue weighted by molar-refractivity contribution is 5.84. The van der Waals surface area contributed by atoms with E-state index in [4.69, 9.17) is 5.11 Å². The van der Waals surface area contributed by atoms with Crippen LogP contribution in [-0.4, -0.2) is 17.9 Å². The molecule has 0 amide bonds. The molecule has 0 saturated heterocycles. The third-order valence-corrected chi connectivity index (χ3v) is 0.684. The zero-order valence-electron chi connectivity index (χ0n) is 3.96. The molecule has 0 unspecified atom stereocenters. The van der Waals surface area contributed by atoms with Crippen molar-refractivity contribution >= 4 is 5.97 Å². The Kier molecular flexibility index (Phi) is 1.07. The molecule has 1 aliphatic rings. The van der Waals surface area contributed by atoms with E-state index < -0.39 is 5.97 Å². The zero-order valence-corrected chi connectivity index (χ0v) is 3.96. The van der Waals surface area contributed by atoms with Crippen LogP contribution in [0.5, 0.6) is 0 Å².